The Morgan fingerprint density at radius 2 is 1.10 bits per heavy atom. The van der Waals surface area contributed by atoms with Crippen LogP contribution in [0.4, 0.5) is 0 Å². The molecule has 30 heavy (non-hydrogen) atoms. The van der Waals surface area contributed by atoms with Crippen LogP contribution in [0.5, 0.6) is 5.75 Å². The zero-order chi connectivity index (χ0) is 20.1. The fraction of sp³-hybridized carbons (Fsp3) is 0.179. The van der Waals surface area contributed by atoms with Gasteiger partial charge in [-0.3, -0.25) is 0 Å². The number of hydrogen-bond donors (Lipinski definition) is 0. The smallest absolute Gasteiger partial charge is 0.364 e. The largest absolute Gasteiger partial charge is 0.496 e. The van der Waals surface area contributed by atoms with Crippen LogP contribution in [-0.2, 0) is 25.7 Å². The van der Waals surface area contributed by atoms with E-state index in [-0.39, 0.29) is 0 Å². The van der Waals surface area contributed by atoms with Crippen LogP contribution in [0.15, 0.2) is 77.2 Å². The van der Waals surface area contributed by atoms with E-state index in [1.54, 1.807) is 7.11 Å². The molecule has 1 heterocycles. The lowest BCUT2D eigenvalue weighted by Crippen LogP contribution is -2.12. The van der Waals surface area contributed by atoms with E-state index in [0.29, 0.717) is 0 Å². The van der Waals surface area contributed by atoms with Gasteiger partial charge < -0.3 is 4.74 Å². The maximum absolute atomic E-state index is 6.77. The quantitative estimate of drug-likeness (QED) is 0.352. The van der Waals surface area contributed by atoms with E-state index >= 15 is 0 Å². The molecule has 146 valence electrons. The molecule has 0 aliphatic heterocycles. The molecule has 4 aromatic rings. The summed E-state index contributed by atoms with van der Waals surface area (Å²) in [5, 5.41) is 0. The van der Waals surface area contributed by atoms with Gasteiger partial charge in [-0.05, 0) is 55.0 Å². The molecule has 2 nitrogen and oxygen atoms in total. The number of benzene rings is 3. The molecule has 2 aliphatic rings. The van der Waals surface area contributed by atoms with Crippen LogP contribution in [-0.4, -0.2) is 7.11 Å². The first kappa shape index (κ1) is 17.5. The minimum Gasteiger partial charge on any atom is -0.496 e. The second-order valence-electron chi connectivity index (χ2n) is 8.11. The minimum atomic E-state index is 0.922. The maximum atomic E-state index is 6.77. The molecule has 0 N–H and O–H groups in total. The van der Waals surface area contributed by atoms with Crippen LogP contribution in [0.3, 0.4) is 0 Å². The Bertz CT molecular complexity index is 1210. The number of ether oxygens (including phenoxy) is 1. The topological polar surface area (TPSA) is 20.5 Å². The molecule has 0 radical (unpaired) electrons. The highest BCUT2D eigenvalue weighted by Crippen LogP contribution is 2.48. The summed E-state index contributed by atoms with van der Waals surface area (Å²) >= 11 is 0. The Labute approximate surface area is 176 Å². The molecule has 0 fully saturated rings. The summed E-state index contributed by atoms with van der Waals surface area (Å²) in [5.74, 6) is 2.97. The van der Waals surface area contributed by atoms with Crippen LogP contribution in [0, 0.1) is 0 Å². The van der Waals surface area contributed by atoms with Crippen LogP contribution >= 0.6 is 0 Å². The van der Waals surface area contributed by atoms with Gasteiger partial charge in [0.15, 0.2) is 0 Å². The van der Waals surface area contributed by atoms with Crippen molar-refractivity contribution in [1.82, 2.24) is 0 Å². The van der Waals surface area contributed by atoms with Gasteiger partial charge in [-0.2, -0.15) is 0 Å². The highest BCUT2D eigenvalue weighted by molar-refractivity contribution is 5.88. The van der Waals surface area contributed by atoms with Crippen molar-refractivity contribution in [2.24, 2.45) is 0 Å². The fourth-order valence-electron chi connectivity index (χ4n) is 5.16. The summed E-state index contributed by atoms with van der Waals surface area (Å²) in [4.78, 5) is 0. The van der Waals surface area contributed by atoms with Crippen LogP contribution in [0.1, 0.15) is 22.3 Å². The van der Waals surface area contributed by atoms with Crippen molar-refractivity contribution in [3.63, 3.8) is 0 Å². The molecule has 0 bridgehead atoms. The number of hydrogen-bond acceptors (Lipinski definition) is 1. The van der Waals surface area contributed by atoms with E-state index in [4.69, 9.17) is 9.15 Å². The van der Waals surface area contributed by atoms with Gasteiger partial charge in [-0.15, -0.1) is 0 Å². The maximum Gasteiger partial charge on any atom is 0.364 e. The first-order valence-corrected chi connectivity index (χ1v) is 10.7. The zero-order valence-electron chi connectivity index (χ0n) is 17.1. The molecule has 0 saturated carbocycles. The highest BCUT2D eigenvalue weighted by Gasteiger charge is 2.38. The van der Waals surface area contributed by atoms with Gasteiger partial charge in [-0.25, -0.2) is 4.42 Å². The van der Waals surface area contributed by atoms with Gasteiger partial charge in [0, 0.05) is 11.1 Å². The third-order valence-corrected chi connectivity index (χ3v) is 6.54. The van der Waals surface area contributed by atoms with Crippen molar-refractivity contribution < 1.29 is 9.15 Å². The Morgan fingerprint density at radius 1 is 0.600 bits per heavy atom. The number of para-hydroxylation sites is 1. The lowest BCUT2D eigenvalue weighted by atomic mass is 9.79. The number of rotatable bonds is 2. The first-order valence-electron chi connectivity index (χ1n) is 10.7. The van der Waals surface area contributed by atoms with E-state index in [1.807, 2.05) is 6.07 Å². The van der Waals surface area contributed by atoms with Gasteiger partial charge in [0.05, 0.1) is 29.4 Å². The molecule has 3 aromatic carbocycles. The summed E-state index contributed by atoms with van der Waals surface area (Å²) in [5.41, 5.74) is 10.3. The molecule has 0 spiro atoms. The Morgan fingerprint density at radius 3 is 1.67 bits per heavy atom. The molecule has 2 heteroatoms. The third kappa shape index (κ3) is 2.53. The first-order chi connectivity index (χ1) is 14.8. The molecule has 6 rings (SSSR count). The van der Waals surface area contributed by atoms with Gasteiger partial charge in [0.25, 0.3) is 0 Å². The lowest BCUT2D eigenvalue weighted by Gasteiger charge is -2.22. The van der Waals surface area contributed by atoms with Gasteiger partial charge in [0.1, 0.15) is 5.75 Å². The predicted octanol–water partition coefficient (Wildman–Crippen LogP) is 6.77. The van der Waals surface area contributed by atoms with Crippen molar-refractivity contribution >= 4 is 0 Å². The predicted molar refractivity (Wildman–Crippen MR) is 121 cm³/mol. The van der Waals surface area contributed by atoms with E-state index in [0.717, 1.165) is 43.0 Å². The molecule has 0 amide bonds. The van der Waals surface area contributed by atoms with Crippen LogP contribution in [0.25, 0.3) is 33.8 Å². The molecular weight excluding hydrogens is 368 g/mol. The third-order valence-electron chi connectivity index (χ3n) is 6.54. The number of fused-ring (bicyclic) bond motifs is 6. The van der Waals surface area contributed by atoms with Crippen molar-refractivity contribution in [3.05, 3.63) is 95.1 Å². The molecular formula is C28H23O2+. The van der Waals surface area contributed by atoms with E-state index in [2.05, 4.69) is 66.7 Å². The summed E-state index contributed by atoms with van der Waals surface area (Å²) < 4.78 is 12.6. The van der Waals surface area contributed by atoms with Crippen LogP contribution in [0.2, 0.25) is 0 Å². The van der Waals surface area contributed by atoms with E-state index < -0.39 is 0 Å². The van der Waals surface area contributed by atoms with Crippen molar-refractivity contribution in [2.75, 3.05) is 7.11 Å². The monoisotopic (exact) mass is 391 g/mol. The lowest BCUT2D eigenvalue weighted by molar-refractivity contribution is 0.416. The normalized spacial score (nSPS) is 13.6. The second kappa shape index (κ2) is 6.84. The summed E-state index contributed by atoms with van der Waals surface area (Å²) in [6.45, 7) is 0. The summed E-state index contributed by atoms with van der Waals surface area (Å²) in [7, 11) is 1.76. The van der Waals surface area contributed by atoms with Gasteiger partial charge in [-0.1, -0.05) is 54.6 Å². The van der Waals surface area contributed by atoms with E-state index in [1.165, 1.54) is 44.5 Å². The highest BCUT2D eigenvalue weighted by atomic mass is 16.5. The average Bonchev–Trinajstić information content (AvgIpc) is 2.82. The molecule has 2 aliphatic carbocycles. The zero-order valence-corrected chi connectivity index (χ0v) is 17.1. The van der Waals surface area contributed by atoms with Gasteiger partial charge in [0.2, 0.25) is 0 Å². The molecule has 0 saturated heterocycles. The fourth-order valence-corrected chi connectivity index (χ4v) is 5.16. The van der Waals surface area contributed by atoms with Crippen molar-refractivity contribution in [2.45, 2.75) is 25.7 Å². The van der Waals surface area contributed by atoms with Crippen molar-refractivity contribution in [1.29, 1.82) is 0 Å². The van der Waals surface area contributed by atoms with Crippen LogP contribution < -0.4 is 4.74 Å². The summed E-state index contributed by atoms with van der Waals surface area (Å²) in [6.07, 6.45) is 4.04. The number of methoxy groups -OCH3 is 1. The van der Waals surface area contributed by atoms with E-state index in [9.17, 15) is 0 Å². The molecule has 1 aromatic heterocycles. The Hall–Kier alpha value is -3.39. The standard InChI is InChI=1S/C28H23O2/c1-29-25-13-7-6-12-22(25)26-23-16-14-18-8-2-4-10-20(18)27(23)30-28-21-11-5-3-9-19(21)15-17-24(26)28/h2-13H,14-17H2,1H3/q+1. The molecule has 0 unspecified atom stereocenters. The number of aryl methyl sites for hydroxylation is 2. The molecule has 0 atom stereocenters. The average molecular weight is 391 g/mol. The second-order valence-corrected chi connectivity index (χ2v) is 8.11. The summed E-state index contributed by atoms with van der Waals surface area (Å²) in [6, 6.07) is 25.7. The SMILES string of the molecule is COc1ccccc1-c1c2c([o+]c3c1CCc1ccccc1-3)-c1ccccc1CC2. The Kier molecular flexibility index (Phi) is 3.98. The van der Waals surface area contributed by atoms with Crippen molar-refractivity contribution in [3.8, 4) is 39.5 Å². The Balaban J connectivity index is 1.74. The minimum absolute atomic E-state index is 0.922. The van der Waals surface area contributed by atoms with Gasteiger partial charge >= 0.3 is 11.5 Å².